The Hall–Kier alpha value is -0.990. The summed E-state index contributed by atoms with van der Waals surface area (Å²) in [5.74, 6) is -2.08. The largest absolute Gasteiger partial charge is 0.429 e. The van der Waals surface area contributed by atoms with Gasteiger partial charge >= 0.3 is 6.61 Å². The third-order valence-corrected chi connectivity index (χ3v) is 2.40. The molecule has 1 rings (SSSR count). The lowest BCUT2D eigenvalue weighted by Gasteiger charge is -2.12. The number of amides is 1. The second-order valence-corrected chi connectivity index (χ2v) is 3.96. The number of carbonyl (C=O) groups excluding carboxylic acids is 1. The quantitative estimate of drug-likeness (QED) is 0.856. The van der Waals surface area contributed by atoms with E-state index in [1.54, 1.807) is 22.6 Å². The van der Waals surface area contributed by atoms with Gasteiger partial charge in [-0.05, 0) is 34.7 Å². The minimum Gasteiger partial charge on any atom is -0.429 e. The van der Waals surface area contributed by atoms with Crippen molar-refractivity contribution < 1.29 is 22.7 Å². The van der Waals surface area contributed by atoms with E-state index in [4.69, 9.17) is 0 Å². The lowest BCUT2D eigenvalue weighted by molar-refractivity contribution is -0.114. The van der Waals surface area contributed by atoms with Gasteiger partial charge in [-0.15, -0.1) is 0 Å². The Morgan fingerprint density at radius 3 is 2.62 bits per heavy atom. The van der Waals surface area contributed by atoms with Crippen LogP contribution in [0.2, 0.25) is 0 Å². The first kappa shape index (κ1) is 13.1. The first-order valence-corrected chi connectivity index (χ1v) is 5.20. The Labute approximate surface area is 103 Å². The number of ether oxygens (including phenoxy) is 1. The molecule has 7 heteroatoms. The van der Waals surface area contributed by atoms with Crippen LogP contribution in [-0.2, 0) is 4.79 Å². The van der Waals surface area contributed by atoms with Crippen LogP contribution >= 0.6 is 22.6 Å². The second-order valence-electron chi connectivity index (χ2n) is 2.80. The third-order valence-electron chi connectivity index (χ3n) is 1.57. The van der Waals surface area contributed by atoms with E-state index >= 15 is 0 Å². The highest BCUT2D eigenvalue weighted by molar-refractivity contribution is 14.1. The summed E-state index contributed by atoms with van der Waals surface area (Å²) < 4.78 is 41.7. The summed E-state index contributed by atoms with van der Waals surface area (Å²) in [6.07, 6.45) is 0. The number of anilines is 1. The number of rotatable bonds is 3. The van der Waals surface area contributed by atoms with Crippen LogP contribution in [0.3, 0.4) is 0 Å². The van der Waals surface area contributed by atoms with E-state index < -0.39 is 24.1 Å². The molecule has 0 atom stereocenters. The Balaban J connectivity index is 3.15. The van der Waals surface area contributed by atoms with E-state index in [0.29, 0.717) is 0 Å². The number of carbonyl (C=O) groups is 1. The molecule has 1 N–H and O–H groups in total. The van der Waals surface area contributed by atoms with Crippen molar-refractivity contribution >= 4 is 34.2 Å². The summed E-state index contributed by atoms with van der Waals surface area (Å²) in [4.78, 5) is 10.8. The van der Waals surface area contributed by atoms with Crippen molar-refractivity contribution in [2.45, 2.75) is 13.5 Å². The van der Waals surface area contributed by atoms with Crippen LogP contribution in [-0.4, -0.2) is 12.5 Å². The molecule has 0 aliphatic carbocycles. The zero-order valence-electron chi connectivity index (χ0n) is 8.06. The maximum Gasteiger partial charge on any atom is 0.387 e. The molecular weight excluding hydrogens is 338 g/mol. The molecule has 3 nitrogen and oxygen atoms in total. The number of benzene rings is 1. The summed E-state index contributed by atoms with van der Waals surface area (Å²) in [5.41, 5.74) is -0.120. The van der Waals surface area contributed by atoms with Gasteiger partial charge in [0.05, 0.1) is 9.26 Å². The summed E-state index contributed by atoms with van der Waals surface area (Å²) in [6.45, 7) is -1.97. The molecule has 88 valence electrons. The molecule has 0 fully saturated rings. The van der Waals surface area contributed by atoms with E-state index in [9.17, 15) is 18.0 Å². The van der Waals surface area contributed by atoms with Gasteiger partial charge in [0.25, 0.3) is 0 Å². The molecule has 1 amide bonds. The van der Waals surface area contributed by atoms with Crippen molar-refractivity contribution in [3.05, 3.63) is 21.5 Å². The van der Waals surface area contributed by atoms with Crippen molar-refractivity contribution in [1.82, 2.24) is 0 Å². The molecular formula is C9H7F3INO2. The number of hydrogen-bond acceptors (Lipinski definition) is 2. The van der Waals surface area contributed by atoms with E-state index in [0.717, 1.165) is 0 Å². The predicted octanol–water partition coefficient (Wildman–Crippen LogP) is 2.99. The van der Waals surface area contributed by atoms with Crippen LogP contribution in [0.1, 0.15) is 6.92 Å². The van der Waals surface area contributed by atoms with Crippen LogP contribution < -0.4 is 10.1 Å². The highest BCUT2D eigenvalue weighted by atomic mass is 127. The van der Waals surface area contributed by atoms with E-state index in [2.05, 4.69) is 10.1 Å². The lowest BCUT2D eigenvalue weighted by atomic mass is 10.3. The average Bonchev–Trinajstić information content (AvgIpc) is 2.16. The summed E-state index contributed by atoms with van der Waals surface area (Å²) in [7, 11) is 0. The molecule has 1 aromatic rings. The van der Waals surface area contributed by atoms with Gasteiger partial charge < -0.3 is 10.1 Å². The van der Waals surface area contributed by atoms with Gasteiger partial charge in [0.1, 0.15) is 0 Å². The van der Waals surface area contributed by atoms with Crippen molar-refractivity contribution in [2.24, 2.45) is 0 Å². The van der Waals surface area contributed by atoms with Crippen LogP contribution in [0.25, 0.3) is 0 Å². The smallest absolute Gasteiger partial charge is 0.387 e. The van der Waals surface area contributed by atoms with Crippen molar-refractivity contribution in [1.29, 1.82) is 0 Å². The molecule has 0 bridgehead atoms. The minimum atomic E-state index is -3.15. The lowest BCUT2D eigenvalue weighted by Crippen LogP contribution is -2.11. The molecule has 16 heavy (non-hydrogen) atoms. The Morgan fingerprint density at radius 1 is 1.50 bits per heavy atom. The molecule has 0 saturated carbocycles. The second kappa shape index (κ2) is 5.37. The maximum atomic E-state index is 13.5. The van der Waals surface area contributed by atoms with Crippen LogP contribution in [0.4, 0.5) is 18.9 Å². The minimum absolute atomic E-state index is 0.120. The number of halogens is 4. The summed E-state index contributed by atoms with van der Waals surface area (Å²) in [6, 6.07) is 2.64. The molecule has 0 aliphatic heterocycles. The molecule has 0 unspecified atom stereocenters. The van der Waals surface area contributed by atoms with Gasteiger partial charge in [0, 0.05) is 6.92 Å². The topological polar surface area (TPSA) is 38.3 Å². The molecule has 0 spiro atoms. The van der Waals surface area contributed by atoms with Gasteiger partial charge in [0.2, 0.25) is 5.91 Å². The number of alkyl halides is 2. The number of nitrogens with one attached hydrogen (secondary N) is 1. The first-order valence-electron chi connectivity index (χ1n) is 4.12. The monoisotopic (exact) mass is 345 g/mol. The maximum absolute atomic E-state index is 13.5. The predicted molar refractivity (Wildman–Crippen MR) is 60.1 cm³/mol. The molecule has 0 aromatic heterocycles. The van der Waals surface area contributed by atoms with E-state index in [1.165, 1.54) is 19.1 Å². The van der Waals surface area contributed by atoms with E-state index in [1.807, 2.05) is 0 Å². The third kappa shape index (κ3) is 3.26. The fraction of sp³-hybridized carbons (Fsp3) is 0.222. The molecule has 0 saturated heterocycles. The Morgan fingerprint density at radius 2 is 2.12 bits per heavy atom. The first-order chi connectivity index (χ1) is 7.41. The fourth-order valence-corrected chi connectivity index (χ4v) is 1.45. The zero-order valence-corrected chi connectivity index (χ0v) is 10.2. The zero-order chi connectivity index (χ0) is 12.3. The van der Waals surface area contributed by atoms with E-state index in [-0.39, 0.29) is 9.26 Å². The Bertz CT molecular complexity index is 412. The average molecular weight is 345 g/mol. The molecule has 0 aliphatic rings. The summed E-state index contributed by atoms with van der Waals surface area (Å²) >= 11 is 1.63. The van der Waals surface area contributed by atoms with Crippen molar-refractivity contribution in [2.75, 3.05) is 5.32 Å². The molecule has 0 heterocycles. The van der Waals surface area contributed by atoms with Crippen molar-refractivity contribution in [3.8, 4) is 5.75 Å². The van der Waals surface area contributed by atoms with Gasteiger partial charge in [-0.3, -0.25) is 4.79 Å². The highest BCUT2D eigenvalue weighted by Gasteiger charge is 2.18. The van der Waals surface area contributed by atoms with Gasteiger partial charge in [-0.2, -0.15) is 8.78 Å². The van der Waals surface area contributed by atoms with Gasteiger partial charge in [-0.1, -0.05) is 0 Å². The summed E-state index contributed by atoms with van der Waals surface area (Å²) in [5, 5.41) is 2.21. The van der Waals surface area contributed by atoms with Crippen LogP contribution in [0, 0.1) is 9.39 Å². The normalized spacial score (nSPS) is 10.4. The standard InChI is InChI=1S/C9H7F3INO2/c1-4(15)14-6-3-2-5(13)7(10)8(6)16-9(11)12/h2-3,9H,1H3,(H,14,15). The van der Waals surface area contributed by atoms with Crippen LogP contribution in [0.5, 0.6) is 5.75 Å². The van der Waals surface area contributed by atoms with Gasteiger partial charge in [0.15, 0.2) is 11.6 Å². The number of hydrogen-bond donors (Lipinski definition) is 1. The highest BCUT2D eigenvalue weighted by Crippen LogP contribution is 2.32. The SMILES string of the molecule is CC(=O)Nc1ccc(I)c(F)c1OC(F)F. The molecule has 1 aromatic carbocycles. The Kier molecular flexibility index (Phi) is 4.39. The van der Waals surface area contributed by atoms with Crippen LogP contribution in [0.15, 0.2) is 12.1 Å². The van der Waals surface area contributed by atoms with Gasteiger partial charge in [-0.25, -0.2) is 4.39 Å². The molecule has 0 radical (unpaired) electrons. The van der Waals surface area contributed by atoms with Crippen molar-refractivity contribution in [3.63, 3.8) is 0 Å². The fourth-order valence-electron chi connectivity index (χ4n) is 1.02.